The van der Waals surface area contributed by atoms with Crippen molar-refractivity contribution < 1.29 is 9.32 Å². The first-order valence-electron chi connectivity index (χ1n) is 8.85. The van der Waals surface area contributed by atoms with Crippen LogP contribution in [0.1, 0.15) is 57.3 Å². The summed E-state index contributed by atoms with van der Waals surface area (Å²) >= 11 is 0. The number of aromatic nitrogens is 2. The molecule has 2 heterocycles. The summed E-state index contributed by atoms with van der Waals surface area (Å²) in [4.78, 5) is 21.4. The smallest absolute Gasteiger partial charge is 0.245 e. The molecule has 0 N–H and O–H groups in total. The molecule has 1 aromatic rings. The second kappa shape index (κ2) is 6.99. The SMILES string of the molecule is Cc1noc(C2CN(C(=O)CC3CC3)CCCN2CC(C)C)n1. The maximum absolute atomic E-state index is 12.6. The highest BCUT2D eigenvalue weighted by Crippen LogP contribution is 2.33. The molecular formula is C17H28N4O2. The molecule has 2 fully saturated rings. The molecule has 1 saturated heterocycles. The van der Waals surface area contributed by atoms with Crippen LogP contribution in [-0.2, 0) is 4.79 Å². The monoisotopic (exact) mass is 320 g/mol. The lowest BCUT2D eigenvalue weighted by atomic mass is 10.1. The minimum Gasteiger partial charge on any atom is -0.341 e. The fourth-order valence-corrected chi connectivity index (χ4v) is 3.33. The number of carbonyl (C=O) groups is 1. The molecule has 1 aromatic heterocycles. The molecule has 1 aliphatic carbocycles. The molecule has 1 saturated carbocycles. The van der Waals surface area contributed by atoms with E-state index in [1.165, 1.54) is 12.8 Å². The summed E-state index contributed by atoms with van der Waals surface area (Å²) in [5.74, 6) is 2.79. The Morgan fingerprint density at radius 2 is 2.13 bits per heavy atom. The second-order valence-electron chi connectivity index (χ2n) is 7.43. The first-order valence-corrected chi connectivity index (χ1v) is 8.85. The van der Waals surface area contributed by atoms with E-state index in [4.69, 9.17) is 4.52 Å². The standard InChI is InChI=1S/C17H28N4O2/c1-12(2)10-20-7-4-8-21(16(22)9-14-5-6-14)11-15(20)17-18-13(3)19-23-17/h12,14-15H,4-11H2,1-3H3. The Balaban J connectivity index is 1.76. The van der Waals surface area contributed by atoms with Gasteiger partial charge in [0.05, 0.1) is 0 Å². The fraction of sp³-hybridized carbons (Fsp3) is 0.824. The third-order valence-corrected chi connectivity index (χ3v) is 4.65. The van der Waals surface area contributed by atoms with E-state index >= 15 is 0 Å². The molecule has 1 amide bonds. The van der Waals surface area contributed by atoms with Crippen LogP contribution < -0.4 is 0 Å². The van der Waals surface area contributed by atoms with Gasteiger partial charge in [-0.1, -0.05) is 19.0 Å². The van der Waals surface area contributed by atoms with Gasteiger partial charge in [-0.25, -0.2) is 0 Å². The van der Waals surface area contributed by atoms with Crippen LogP contribution in [0.5, 0.6) is 0 Å². The second-order valence-corrected chi connectivity index (χ2v) is 7.43. The first kappa shape index (κ1) is 16.4. The predicted molar refractivity (Wildman–Crippen MR) is 86.7 cm³/mol. The summed E-state index contributed by atoms with van der Waals surface area (Å²) in [5.41, 5.74) is 0. The van der Waals surface area contributed by atoms with Gasteiger partial charge in [-0.3, -0.25) is 9.69 Å². The van der Waals surface area contributed by atoms with Crippen molar-refractivity contribution in [3.8, 4) is 0 Å². The lowest BCUT2D eigenvalue weighted by Gasteiger charge is -2.30. The Bertz CT molecular complexity index is 538. The van der Waals surface area contributed by atoms with E-state index in [0.717, 1.165) is 26.1 Å². The number of nitrogens with zero attached hydrogens (tertiary/aromatic N) is 4. The van der Waals surface area contributed by atoms with Crippen molar-refractivity contribution in [1.29, 1.82) is 0 Å². The van der Waals surface area contributed by atoms with Gasteiger partial charge >= 0.3 is 0 Å². The van der Waals surface area contributed by atoms with Crippen LogP contribution in [-0.4, -0.2) is 52.0 Å². The van der Waals surface area contributed by atoms with E-state index in [1.54, 1.807) is 0 Å². The van der Waals surface area contributed by atoms with Gasteiger partial charge in [0.25, 0.3) is 0 Å². The molecule has 6 nitrogen and oxygen atoms in total. The third kappa shape index (κ3) is 4.31. The zero-order valence-corrected chi connectivity index (χ0v) is 14.5. The molecule has 3 rings (SSSR count). The molecule has 23 heavy (non-hydrogen) atoms. The fourth-order valence-electron chi connectivity index (χ4n) is 3.33. The summed E-state index contributed by atoms with van der Waals surface area (Å²) in [5, 5.41) is 3.95. The summed E-state index contributed by atoms with van der Waals surface area (Å²) < 4.78 is 5.45. The summed E-state index contributed by atoms with van der Waals surface area (Å²) in [6.45, 7) is 9.73. The van der Waals surface area contributed by atoms with Crippen molar-refractivity contribution in [2.75, 3.05) is 26.2 Å². The Morgan fingerprint density at radius 1 is 1.35 bits per heavy atom. The number of amides is 1. The molecule has 0 spiro atoms. The summed E-state index contributed by atoms with van der Waals surface area (Å²) in [7, 11) is 0. The van der Waals surface area contributed by atoms with E-state index < -0.39 is 0 Å². The third-order valence-electron chi connectivity index (χ3n) is 4.65. The normalized spacial score (nSPS) is 23.3. The zero-order valence-electron chi connectivity index (χ0n) is 14.5. The maximum atomic E-state index is 12.6. The van der Waals surface area contributed by atoms with Crippen molar-refractivity contribution in [1.82, 2.24) is 19.9 Å². The maximum Gasteiger partial charge on any atom is 0.245 e. The van der Waals surface area contributed by atoms with Gasteiger partial charge in [-0.15, -0.1) is 0 Å². The zero-order chi connectivity index (χ0) is 16.4. The van der Waals surface area contributed by atoms with Gasteiger partial charge in [-0.2, -0.15) is 4.98 Å². The van der Waals surface area contributed by atoms with Gasteiger partial charge in [0.1, 0.15) is 6.04 Å². The first-order chi connectivity index (χ1) is 11.0. The number of rotatable bonds is 5. The molecule has 0 bridgehead atoms. The molecule has 1 unspecified atom stereocenters. The average molecular weight is 320 g/mol. The topological polar surface area (TPSA) is 62.5 Å². The van der Waals surface area contributed by atoms with Gasteiger partial charge in [0.15, 0.2) is 5.82 Å². The van der Waals surface area contributed by atoms with Gasteiger partial charge in [0, 0.05) is 32.6 Å². The van der Waals surface area contributed by atoms with E-state index in [1.807, 2.05) is 11.8 Å². The quantitative estimate of drug-likeness (QED) is 0.833. The van der Waals surface area contributed by atoms with Crippen molar-refractivity contribution in [2.45, 2.75) is 52.5 Å². The van der Waals surface area contributed by atoms with Crippen molar-refractivity contribution in [2.24, 2.45) is 11.8 Å². The van der Waals surface area contributed by atoms with Crippen molar-refractivity contribution >= 4 is 5.91 Å². The summed E-state index contributed by atoms with van der Waals surface area (Å²) in [6, 6.07) is 0.0178. The lowest BCUT2D eigenvalue weighted by Crippen LogP contribution is -2.39. The van der Waals surface area contributed by atoms with Gasteiger partial charge in [0.2, 0.25) is 11.8 Å². The van der Waals surface area contributed by atoms with Crippen LogP contribution in [0.4, 0.5) is 0 Å². The minimum absolute atomic E-state index is 0.0178. The number of hydrogen-bond donors (Lipinski definition) is 0. The molecular weight excluding hydrogens is 292 g/mol. The van der Waals surface area contributed by atoms with Crippen molar-refractivity contribution in [3.63, 3.8) is 0 Å². The number of aryl methyl sites for hydroxylation is 1. The van der Waals surface area contributed by atoms with Crippen LogP contribution in [0, 0.1) is 18.8 Å². The van der Waals surface area contributed by atoms with E-state index in [-0.39, 0.29) is 6.04 Å². The van der Waals surface area contributed by atoms with E-state index in [2.05, 4.69) is 28.9 Å². The highest BCUT2D eigenvalue weighted by molar-refractivity contribution is 5.76. The molecule has 1 aliphatic heterocycles. The molecule has 0 radical (unpaired) electrons. The van der Waals surface area contributed by atoms with E-state index in [0.29, 0.717) is 42.4 Å². The van der Waals surface area contributed by atoms with Crippen LogP contribution in [0.2, 0.25) is 0 Å². The van der Waals surface area contributed by atoms with Crippen LogP contribution in [0.15, 0.2) is 4.52 Å². The van der Waals surface area contributed by atoms with Crippen LogP contribution in [0.25, 0.3) is 0 Å². The molecule has 1 atom stereocenters. The number of carbonyl (C=O) groups excluding carboxylic acids is 1. The Kier molecular flexibility index (Phi) is 4.99. The summed E-state index contributed by atoms with van der Waals surface area (Å²) in [6.07, 6.45) is 4.14. The molecule has 128 valence electrons. The average Bonchev–Trinajstić information content (AvgIpc) is 3.23. The van der Waals surface area contributed by atoms with Crippen LogP contribution in [0.3, 0.4) is 0 Å². The Labute approximate surface area is 138 Å². The Morgan fingerprint density at radius 3 is 2.74 bits per heavy atom. The largest absolute Gasteiger partial charge is 0.341 e. The van der Waals surface area contributed by atoms with E-state index in [9.17, 15) is 4.79 Å². The molecule has 6 heteroatoms. The highest BCUT2D eigenvalue weighted by Gasteiger charge is 2.34. The Hall–Kier alpha value is -1.43. The lowest BCUT2D eigenvalue weighted by molar-refractivity contribution is -0.132. The number of hydrogen-bond acceptors (Lipinski definition) is 5. The van der Waals surface area contributed by atoms with Gasteiger partial charge < -0.3 is 9.42 Å². The van der Waals surface area contributed by atoms with Crippen LogP contribution >= 0.6 is 0 Å². The predicted octanol–water partition coefficient (Wildman–Crippen LogP) is 2.41. The van der Waals surface area contributed by atoms with Gasteiger partial charge in [-0.05, 0) is 38.0 Å². The highest BCUT2D eigenvalue weighted by atomic mass is 16.5. The molecule has 2 aliphatic rings. The minimum atomic E-state index is 0.0178. The molecule has 0 aromatic carbocycles. The van der Waals surface area contributed by atoms with Crippen molar-refractivity contribution in [3.05, 3.63) is 11.7 Å².